The van der Waals surface area contributed by atoms with Crippen molar-refractivity contribution in [1.29, 1.82) is 0 Å². The average Bonchev–Trinajstić information content (AvgIpc) is 2.71. The van der Waals surface area contributed by atoms with E-state index in [1.165, 1.54) is 19.1 Å². The summed E-state index contributed by atoms with van der Waals surface area (Å²) in [6.07, 6.45) is 1.62. The fourth-order valence-electron chi connectivity index (χ4n) is 3.46. The largest absolute Gasteiger partial charge is 0.497 e. The highest BCUT2D eigenvalue weighted by molar-refractivity contribution is 7.48. The summed E-state index contributed by atoms with van der Waals surface area (Å²) in [5.74, 6) is 1.38. The van der Waals surface area contributed by atoms with Crippen molar-refractivity contribution in [2.75, 3.05) is 21.3 Å². The van der Waals surface area contributed by atoms with Gasteiger partial charge in [-0.1, -0.05) is 28.5 Å². The third-order valence-corrected chi connectivity index (χ3v) is 7.31. The molecule has 28 heavy (non-hydrogen) atoms. The highest BCUT2D eigenvalue weighted by Crippen LogP contribution is 2.53. The lowest BCUT2D eigenvalue weighted by atomic mass is 9.91. The molecule has 1 atom stereocenters. The Bertz CT molecular complexity index is 847. The molecule has 0 bridgehead atoms. The monoisotopic (exact) mass is 406 g/mol. The van der Waals surface area contributed by atoms with Gasteiger partial charge in [0.1, 0.15) is 11.6 Å². The summed E-state index contributed by atoms with van der Waals surface area (Å²) in [6, 6.07) is 8.21. The molecule has 4 nitrogen and oxygen atoms in total. The number of carbonyl (C=O) groups excluding carboxylic acids is 1. The van der Waals surface area contributed by atoms with Crippen LogP contribution in [0.3, 0.4) is 0 Å². The molecule has 0 N–H and O–H groups in total. The van der Waals surface area contributed by atoms with E-state index in [0.717, 1.165) is 23.7 Å². The number of benzene rings is 2. The third-order valence-electron chi connectivity index (χ3n) is 5.15. The first-order valence-corrected chi connectivity index (χ1v) is 10.2. The van der Waals surface area contributed by atoms with Gasteiger partial charge in [0.15, 0.2) is 17.3 Å². The molecule has 0 saturated heterocycles. The van der Waals surface area contributed by atoms with E-state index < -0.39 is 5.82 Å². The van der Waals surface area contributed by atoms with E-state index in [4.69, 9.17) is 14.2 Å². The predicted octanol–water partition coefficient (Wildman–Crippen LogP) is 5.07. The molecule has 2 aromatic carbocycles. The molecule has 0 radical (unpaired) electrons. The van der Waals surface area contributed by atoms with Gasteiger partial charge in [-0.2, -0.15) is 0 Å². The quantitative estimate of drug-likeness (QED) is 0.431. The summed E-state index contributed by atoms with van der Waals surface area (Å²) in [6.45, 7) is 5.69. The van der Waals surface area contributed by atoms with Crippen molar-refractivity contribution in [1.82, 2.24) is 0 Å². The second kappa shape index (κ2) is 9.38. The molecular formula is C22H28FO4P. The Morgan fingerprint density at radius 3 is 2.21 bits per heavy atom. The van der Waals surface area contributed by atoms with Crippen molar-refractivity contribution in [2.45, 2.75) is 38.8 Å². The zero-order chi connectivity index (χ0) is 20.9. The van der Waals surface area contributed by atoms with Crippen molar-refractivity contribution < 1.29 is 23.4 Å². The number of hydrogen-bond donors (Lipinski definition) is 0. The van der Waals surface area contributed by atoms with Crippen LogP contribution in [0.5, 0.6) is 17.2 Å². The smallest absolute Gasteiger partial charge is 0.165 e. The van der Waals surface area contributed by atoms with Crippen molar-refractivity contribution in [3.8, 4) is 17.2 Å². The lowest BCUT2D eigenvalue weighted by Gasteiger charge is -2.35. The van der Waals surface area contributed by atoms with Crippen LogP contribution >= 0.6 is 8.58 Å². The molecule has 6 heteroatoms. The van der Waals surface area contributed by atoms with Crippen LogP contribution in [0, 0.1) is 5.82 Å². The minimum absolute atomic E-state index is 0.140. The van der Waals surface area contributed by atoms with Gasteiger partial charge in [-0.25, -0.2) is 4.39 Å². The molecule has 0 aliphatic rings. The number of ketones is 1. The van der Waals surface area contributed by atoms with Crippen LogP contribution in [-0.2, 0) is 5.16 Å². The topological polar surface area (TPSA) is 44.8 Å². The van der Waals surface area contributed by atoms with Gasteiger partial charge >= 0.3 is 0 Å². The Kier molecular flexibility index (Phi) is 7.42. The highest BCUT2D eigenvalue weighted by Gasteiger charge is 2.35. The lowest BCUT2D eigenvalue weighted by Crippen LogP contribution is -2.25. The summed E-state index contributed by atoms with van der Waals surface area (Å²) in [5.41, 5.74) is 1.40. The Labute approximate surface area is 168 Å². The van der Waals surface area contributed by atoms with Crippen molar-refractivity contribution in [2.24, 2.45) is 0 Å². The number of halogens is 1. The van der Waals surface area contributed by atoms with E-state index in [-0.39, 0.29) is 19.5 Å². The Hall–Kier alpha value is -2.13. The second-order valence-electron chi connectivity index (χ2n) is 6.57. The van der Waals surface area contributed by atoms with E-state index in [9.17, 15) is 9.18 Å². The number of methoxy groups -OCH3 is 3. The summed E-state index contributed by atoms with van der Waals surface area (Å²) in [5, 5.41) is 0.538. The number of ether oxygens (including phenoxy) is 3. The zero-order valence-corrected chi connectivity index (χ0v) is 18.3. The molecule has 0 amide bonds. The lowest BCUT2D eigenvalue weighted by molar-refractivity contribution is 0.101. The van der Waals surface area contributed by atoms with Crippen LogP contribution in [0.1, 0.15) is 49.5 Å². The summed E-state index contributed by atoms with van der Waals surface area (Å²) >= 11 is 0. The van der Waals surface area contributed by atoms with Gasteiger partial charge in [0.2, 0.25) is 0 Å². The first kappa shape index (κ1) is 22.2. The standard InChI is InChI=1S/C22H28FO4P/c1-7-22(8-2,28-20-10-9-15(23)11-17(20)14(3)24)18-12-16(25-4)13-19(26-5)21(18)27-6/h9-13,28H,7-8H2,1-6H3. The fraction of sp³-hybridized carbons (Fsp3) is 0.409. The van der Waals surface area contributed by atoms with Crippen LogP contribution in [0.4, 0.5) is 4.39 Å². The number of Topliss-reactive ketones (excluding diaryl/α,β-unsaturated/α-hetero) is 1. The zero-order valence-electron chi connectivity index (χ0n) is 17.3. The molecule has 0 aromatic heterocycles. The molecule has 0 saturated carbocycles. The van der Waals surface area contributed by atoms with Gasteiger partial charge in [0, 0.05) is 22.3 Å². The molecule has 2 aromatic rings. The number of hydrogen-bond acceptors (Lipinski definition) is 4. The average molecular weight is 406 g/mol. The van der Waals surface area contributed by atoms with Gasteiger partial charge in [0.05, 0.1) is 21.3 Å². The molecule has 0 heterocycles. The Morgan fingerprint density at radius 1 is 1.04 bits per heavy atom. The molecule has 2 rings (SSSR count). The summed E-state index contributed by atoms with van der Waals surface area (Å²) < 4.78 is 30.4. The second-order valence-corrected chi connectivity index (χ2v) is 8.32. The summed E-state index contributed by atoms with van der Waals surface area (Å²) in [7, 11) is 5.07. The van der Waals surface area contributed by atoms with Gasteiger partial charge < -0.3 is 14.2 Å². The van der Waals surface area contributed by atoms with Gasteiger partial charge in [-0.3, -0.25) is 4.79 Å². The third kappa shape index (κ3) is 4.30. The van der Waals surface area contributed by atoms with Crippen LogP contribution in [0.2, 0.25) is 0 Å². The molecular weight excluding hydrogens is 378 g/mol. The normalized spacial score (nSPS) is 11.7. The number of carbonyl (C=O) groups is 1. The van der Waals surface area contributed by atoms with Crippen molar-refractivity contribution in [3.63, 3.8) is 0 Å². The van der Waals surface area contributed by atoms with E-state index in [0.29, 0.717) is 22.8 Å². The molecule has 0 spiro atoms. The molecule has 0 fully saturated rings. The molecule has 152 valence electrons. The minimum Gasteiger partial charge on any atom is -0.497 e. The predicted molar refractivity (Wildman–Crippen MR) is 113 cm³/mol. The fourth-order valence-corrected chi connectivity index (χ4v) is 5.20. The molecule has 1 unspecified atom stereocenters. The maximum atomic E-state index is 13.7. The van der Waals surface area contributed by atoms with Crippen LogP contribution in [0.15, 0.2) is 30.3 Å². The van der Waals surface area contributed by atoms with E-state index in [1.54, 1.807) is 33.5 Å². The van der Waals surface area contributed by atoms with Crippen LogP contribution in [0.25, 0.3) is 0 Å². The van der Waals surface area contributed by atoms with Crippen molar-refractivity contribution >= 4 is 19.7 Å². The van der Waals surface area contributed by atoms with Gasteiger partial charge in [-0.15, -0.1) is 0 Å². The molecule has 0 aliphatic heterocycles. The maximum Gasteiger partial charge on any atom is 0.165 e. The Morgan fingerprint density at radius 2 is 1.71 bits per heavy atom. The number of rotatable bonds is 9. The Balaban J connectivity index is 2.70. The maximum absolute atomic E-state index is 13.7. The van der Waals surface area contributed by atoms with Crippen LogP contribution < -0.4 is 19.5 Å². The molecule has 0 aliphatic carbocycles. The van der Waals surface area contributed by atoms with Crippen molar-refractivity contribution in [3.05, 3.63) is 47.3 Å². The van der Waals surface area contributed by atoms with Crippen LogP contribution in [-0.4, -0.2) is 27.1 Å². The van der Waals surface area contributed by atoms with Gasteiger partial charge in [-0.05, 0) is 43.3 Å². The highest BCUT2D eigenvalue weighted by atomic mass is 31.1. The summed E-state index contributed by atoms with van der Waals surface area (Å²) in [4.78, 5) is 12.1. The van der Waals surface area contributed by atoms with E-state index >= 15 is 0 Å². The van der Waals surface area contributed by atoms with E-state index in [2.05, 4.69) is 13.8 Å². The SMILES string of the molecule is CCC(CC)(Pc1ccc(F)cc1C(C)=O)c1cc(OC)cc(OC)c1OC. The minimum atomic E-state index is -0.405. The van der Waals surface area contributed by atoms with Gasteiger partial charge in [0.25, 0.3) is 0 Å². The van der Waals surface area contributed by atoms with E-state index in [1.807, 2.05) is 6.07 Å². The first-order valence-electron chi connectivity index (χ1n) is 9.24. The first-order chi connectivity index (χ1) is 13.3.